The van der Waals surface area contributed by atoms with E-state index in [0.717, 1.165) is 5.69 Å². The van der Waals surface area contributed by atoms with Crippen LogP contribution in [-0.4, -0.2) is 4.57 Å². The van der Waals surface area contributed by atoms with Gasteiger partial charge in [0.1, 0.15) is 0 Å². The Hall–Kier alpha value is -8.78. The molecule has 308 valence electrons. The Morgan fingerprint density at radius 2 is 0.716 bits per heavy atom. The SMILES string of the molecule is c1ccc(-c2cc(-c3ccccc3)cc(-n3c4ccccc4c4c5cccc6cc(-c7ccc8ccc9c(-c%10cccc%11ccccc%10%11)ccc%10ccc7c8c%109)c7cccc(c7c65)c43)c2)cc1. The van der Waals surface area contributed by atoms with E-state index in [9.17, 15) is 0 Å². The van der Waals surface area contributed by atoms with Crippen molar-refractivity contribution in [3.05, 3.63) is 237 Å². The predicted molar refractivity (Wildman–Crippen MR) is 287 cm³/mol. The van der Waals surface area contributed by atoms with Crippen molar-refractivity contribution in [2.45, 2.75) is 0 Å². The van der Waals surface area contributed by atoms with Crippen LogP contribution in [0.5, 0.6) is 0 Å². The largest absolute Gasteiger partial charge is 0.309 e. The molecule has 0 aliphatic rings. The Kier molecular flexibility index (Phi) is 7.56. The molecule has 0 atom stereocenters. The highest BCUT2D eigenvalue weighted by Crippen LogP contribution is 2.50. The van der Waals surface area contributed by atoms with E-state index in [1.165, 1.54) is 142 Å². The molecule has 1 heteroatoms. The van der Waals surface area contributed by atoms with Gasteiger partial charge in [-0.3, -0.25) is 0 Å². The van der Waals surface area contributed by atoms with Crippen LogP contribution in [0.15, 0.2) is 237 Å². The number of fused-ring (bicyclic) bond motifs is 6. The Labute approximate surface area is 386 Å². The van der Waals surface area contributed by atoms with Gasteiger partial charge < -0.3 is 4.57 Å². The third kappa shape index (κ3) is 5.20. The average molecular weight is 846 g/mol. The summed E-state index contributed by atoms with van der Waals surface area (Å²) in [7, 11) is 0. The minimum atomic E-state index is 1.15. The molecule has 0 saturated carbocycles. The fourth-order valence-corrected chi connectivity index (χ4v) is 12.0. The molecule has 15 rings (SSSR count). The van der Waals surface area contributed by atoms with Crippen molar-refractivity contribution in [1.29, 1.82) is 0 Å². The van der Waals surface area contributed by atoms with Crippen LogP contribution in [0.25, 0.3) is 147 Å². The Morgan fingerprint density at radius 1 is 0.224 bits per heavy atom. The van der Waals surface area contributed by atoms with Gasteiger partial charge in [0.25, 0.3) is 0 Å². The van der Waals surface area contributed by atoms with Gasteiger partial charge in [-0.05, 0) is 139 Å². The molecule has 0 saturated heterocycles. The second kappa shape index (κ2) is 13.9. The topological polar surface area (TPSA) is 4.93 Å². The van der Waals surface area contributed by atoms with Crippen molar-refractivity contribution in [3.8, 4) is 50.2 Å². The van der Waals surface area contributed by atoms with Crippen molar-refractivity contribution in [2.75, 3.05) is 0 Å². The van der Waals surface area contributed by atoms with E-state index in [2.05, 4.69) is 241 Å². The summed E-state index contributed by atoms with van der Waals surface area (Å²) in [6, 6.07) is 88.4. The van der Waals surface area contributed by atoms with Crippen molar-refractivity contribution >= 4 is 97.2 Å². The van der Waals surface area contributed by atoms with Gasteiger partial charge in [-0.1, -0.05) is 206 Å². The number of benzene rings is 14. The molecule has 0 unspecified atom stereocenters. The minimum Gasteiger partial charge on any atom is -0.309 e. The molecule has 0 amide bonds. The zero-order valence-corrected chi connectivity index (χ0v) is 36.5. The fourth-order valence-electron chi connectivity index (χ4n) is 12.0. The summed E-state index contributed by atoms with van der Waals surface area (Å²) >= 11 is 0. The molecule has 0 aliphatic carbocycles. The monoisotopic (exact) mass is 845 g/mol. The first-order valence-electron chi connectivity index (χ1n) is 23.3. The highest BCUT2D eigenvalue weighted by Gasteiger charge is 2.24. The highest BCUT2D eigenvalue weighted by atomic mass is 15.0. The Morgan fingerprint density at radius 3 is 1.45 bits per heavy atom. The van der Waals surface area contributed by atoms with Crippen LogP contribution in [0.1, 0.15) is 0 Å². The van der Waals surface area contributed by atoms with Crippen molar-refractivity contribution < 1.29 is 0 Å². The van der Waals surface area contributed by atoms with E-state index in [1.54, 1.807) is 0 Å². The molecule has 0 radical (unpaired) electrons. The number of hydrogen-bond donors (Lipinski definition) is 0. The summed E-state index contributed by atoms with van der Waals surface area (Å²) in [6.07, 6.45) is 0. The summed E-state index contributed by atoms with van der Waals surface area (Å²) in [5, 5.41) is 20.6. The number of nitrogens with zero attached hydrogens (tertiary/aromatic N) is 1. The molecule has 0 bridgehead atoms. The van der Waals surface area contributed by atoms with Crippen molar-refractivity contribution in [3.63, 3.8) is 0 Å². The zero-order chi connectivity index (χ0) is 43.7. The maximum atomic E-state index is 2.55. The van der Waals surface area contributed by atoms with Crippen molar-refractivity contribution in [2.24, 2.45) is 0 Å². The number of hydrogen-bond acceptors (Lipinski definition) is 0. The lowest BCUT2D eigenvalue weighted by Crippen LogP contribution is -1.97. The molecule has 0 fully saturated rings. The van der Waals surface area contributed by atoms with Gasteiger partial charge in [0.15, 0.2) is 0 Å². The minimum absolute atomic E-state index is 1.15. The van der Waals surface area contributed by atoms with E-state index in [4.69, 9.17) is 0 Å². The second-order valence-electron chi connectivity index (χ2n) is 18.3. The molecule has 67 heavy (non-hydrogen) atoms. The molecular weight excluding hydrogens is 807 g/mol. The summed E-state index contributed by atoms with van der Waals surface area (Å²) in [5.41, 5.74) is 13.5. The smallest absolute Gasteiger partial charge is 0.0626 e. The van der Waals surface area contributed by atoms with Gasteiger partial charge in [-0.2, -0.15) is 0 Å². The van der Waals surface area contributed by atoms with E-state index < -0.39 is 0 Å². The van der Waals surface area contributed by atoms with Gasteiger partial charge in [-0.25, -0.2) is 0 Å². The highest BCUT2D eigenvalue weighted by molar-refractivity contribution is 6.40. The Bertz CT molecular complexity index is 4420. The molecule has 1 nitrogen and oxygen atoms in total. The zero-order valence-electron chi connectivity index (χ0n) is 36.5. The third-order valence-electron chi connectivity index (χ3n) is 14.8. The van der Waals surface area contributed by atoms with Gasteiger partial charge in [-0.15, -0.1) is 0 Å². The quantitative estimate of drug-likeness (QED) is 0.152. The van der Waals surface area contributed by atoms with Crippen LogP contribution in [0.2, 0.25) is 0 Å². The predicted octanol–water partition coefficient (Wildman–Crippen LogP) is 18.4. The lowest BCUT2D eigenvalue weighted by molar-refractivity contribution is 1.19. The van der Waals surface area contributed by atoms with Gasteiger partial charge in [0.2, 0.25) is 0 Å². The first-order chi connectivity index (χ1) is 33.2. The van der Waals surface area contributed by atoms with Crippen LogP contribution < -0.4 is 0 Å². The first kappa shape index (κ1) is 36.5. The number of aromatic nitrogens is 1. The fraction of sp³-hybridized carbons (Fsp3) is 0. The maximum absolute atomic E-state index is 2.55. The van der Waals surface area contributed by atoms with Crippen molar-refractivity contribution in [1.82, 2.24) is 4.57 Å². The lowest BCUT2D eigenvalue weighted by Gasteiger charge is -2.20. The van der Waals surface area contributed by atoms with Gasteiger partial charge in [0.05, 0.1) is 11.0 Å². The summed E-state index contributed by atoms with van der Waals surface area (Å²) in [4.78, 5) is 0. The molecule has 14 aromatic carbocycles. The number of rotatable bonds is 5. The third-order valence-corrected chi connectivity index (χ3v) is 14.8. The lowest BCUT2D eigenvalue weighted by atomic mass is 9.83. The van der Waals surface area contributed by atoms with E-state index in [0.29, 0.717) is 0 Å². The summed E-state index contributed by atoms with van der Waals surface area (Å²) in [6.45, 7) is 0. The van der Waals surface area contributed by atoms with Crippen LogP contribution in [-0.2, 0) is 0 Å². The molecule has 15 aromatic rings. The molecule has 0 N–H and O–H groups in total. The molecule has 0 aliphatic heterocycles. The van der Waals surface area contributed by atoms with E-state index in [1.807, 2.05) is 0 Å². The van der Waals surface area contributed by atoms with E-state index >= 15 is 0 Å². The second-order valence-corrected chi connectivity index (χ2v) is 18.3. The molecule has 1 heterocycles. The maximum Gasteiger partial charge on any atom is 0.0626 e. The van der Waals surface area contributed by atoms with Gasteiger partial charge in [0, 0.05) is 27.2 Å². The summed E-state index contributed by atoms with van der Waals surface area (Å²) in [5.74, 6) is 0. The molecule has 0 spiro atoms. The normalized spacial score (nSPS) is 12.2. The Balaban J connectivity index is 1.03. The van der Waals surface area contributed by atoms with Crippen LogP contribution in [0, 0.1) is 0 Å². The number of para-hydroxylation sites is 1. The summed E-state index contributed by atoms with van der Waals surface area (Å²) < 4.78 is 2.55. The molecular formula is C66H39N. The van der Waals surface area contributed by atoms with Crippen LogP contribution >= 0.6 is 0 Å². The van der Waals surface area contributed by atoms with Gasteiger partial charge >= 0.3 is 0 Å². The average Bonchev–Trinajstić information content (AvgIpc) is 3.75. The van der Waals surface area contributed by atoms with E-state index in [-0.39, 0.29) is 0 Å². The standard InChI is InChI=1S/C66H39N/c1-3-14-40(15-4-1)46-36-47(41-16-5-2-6-17-41)38-48(37-46)67-60-27-10-9-22-56(60)65-57-25-12-20-45-39-59(53-24-13-26-58(66(65)67)64(53)63(45)57)52-33-29-44-30-34-54-51(32-28-43-31-35-55(52)62(44)61(43)54)50-23-11-19-42-18-7-8-21-49(42)50/h1-39H. The molecule has 1 aromatic heterocycles. The van der Waals surface area contributed by atoms with Crippen LogP contribution in [0.4, 0.5) is 0 Å². The first-order valence-corrected chi connectivity index (χ1v) is 23.3. The van der Waals surface area contributed by atoms with Crippen LogP contribution in [0.3, 0.4) is 0 Å².